The SMILES string of the molecule is N#CCC(=O)N/N=c1/scc(-c2ccc(Cl)cc2)n1-c1ccccc1. The van der Waals surface area contributed by atoms with Crippen molar-refractivity contribution in [1.29, 1.82) is 5.26 Å². The van der Waals surface area contributed by atoms with Crippen molar-refractivity contribution in [3.63, 3.8) is 0 Å². The van der Waals surface area contributed by atoms with Gasteiger partial charge in [-0.2, -0.15) is 5.26 Å². The summed E-state index contributed by atoms with van der Waals surface area (Å²) in [7, 11) is 0. The van der Waals surface area contributed by atoms with Crippen LogP contribution in [0.2, 0.25) is 5.02 Å². The minimum Gasteiger partial charge on any atom is -0.284 e. The van der Waals surface area contributed by atoms with Crippen molar-refractivity contribution in [1.82, 2.24) is 9.99 Å². The average molecular weight is 369 g/mol. The van der Waals surface area contributed by atoms with E-state index in [0.717, 1.165) is 16.9 Å². The van der Waals surface area contributed by atoms with Crippen LogP contribution in [0.3, 0.4) is 0 Å². The third-order valence-corrected chi connectivity index (χ3v) is 4.46. The van der Waals surface area contributed by atoms with Gasteiger partial charge in [0.05, 0.1) is 11.8 Å². The Morgan fingerprint density at radius 2 is 1.92 bits per heavy atom. The molecule has 0 aliphatic carbocycles. The van der Waals surface area contributed by atoms with Crippen molar-refractivity contribution in [3.05, 3.63) is 69.8 Å². The van der Waals surface area contributed by atoms with Crippen LogP contribution in [0.1, 0.15) is 6.42 Å². The van der Waals surface area contributed by atoms with Gasteiger partial charge in [0.1, 0.15) is 6.42 Å². The Morgan fingerprint density at radius 3 is 2.60 bits per heavy atom. The monoisotopic (exact) mass is 368 g/mol. The Hall–Kier alpha value is -2.88. The minimum absolute atomic E-state index is 0.232. The molecule has 0 aliphatic heterocycles. The van der Waals surface area contributed by atoms with E-state index < -0.39 is 5.91 Å². The average Bonchev–Trinajstić information content (AvgIpc) is 3.05. The first-order chi connectivity index (χ1) is 12.2. The summed E-state index contributed by atoms with van der Waals surface area (Å²) >= 11 is 7.37. The topological polar surface area (TPSA) is 70.2 Å². The maximum absolute atomic E-state index is 11.5. The van der Waals surface area contributed by atoms with Gasteiger partial charge in [-0.05, 0) is 29.8 Å². The lowest BCUT2D eigenvalue weighted by molar-refractivity contribution is -0.120. The maximum atomic E-state index is 11.5. The largest absolute Gasteiger partial charge is 0.284 e. The number of hydrogen-bond acceptors (Lipinski definition) is 4. The normalized spacial score (nSPS) is 11.1. The molecule has 7 heteroatoms. The number of nitrogens with zero attached hydrogens (tertiary/aromatic N) is 3. The molecule has 2 aromatic carbocycles. The molecule has 0 atom stereocenters. The van der Waals surface area contributed by atoms with Gasteiger partial charge in [-0.25, -0.2) is 5.43 Å². The molecule has 124 valence electrons. The van der Waals surface area contributed by atoms with Crippen molar-refractivity contribution in [3.8, 4) is 23.0 Å². The molecule has 0 saturated carbocycles. The second-order valence-corrected chi connectivity index (χ2v) is 6.34. The first-order valence-corrected chi connectivity index (χ1v) is 8.66. The molecule has 1 heterocycles. The molecule has 1 N–H and O–H groups in total. The Kier molecular flexibility index (Phi) is 5.29. The second kappa shape index (κ2) is 7.79. The van der Waals surface area contributed by atoms with Crippen molar-refractivity contribution in [2.45, 2.75) is 6.42 Å². The van der Waals surface area contributed by atoms with Crippen molar-refractivity contribution in [2.75, 3.05) is 0 Å². The molecule has 3 rings (SSSR count). The predicted octanol–water partition coefficient (Wildman–Crippen LogP) is 3.70. The van der Waals surface area contributed by atoms with Crippen LogP contribution in [0.4, 0.5) is 0 Å². The molecule has 3 aromatic rings. The zero-order valence-corrected chi connectivity index (χ0v) is 14.6. The lowest BCUT2D eigenvalue weighted by Gasteiger charge is -2.09. The summed E-state index contributed by atoms with van der Waals surface area (Å²) in [6.45, 7) is 0. The minimum atomic E-state index is -0.441. The van der Waals surface area contributed by atoms with Crippen LogP contribution in [0.5, 0.6) is 0 Å². The van der Waals surface area contributed by atoms with Gasteiger partial charge in [0.25, 0.3) is 5.91 Å². The molecule has 0 aliphatic rings. The molecule has 0 fully saturated rings. The number of halogens is 1. The van der Waals surface area contributed by atoms with Gasteiger partial charge in [0.2, 0.25) is 4.80 Å². The van der Waals surface area contributed by atoms with E-state index in [1.165, 1.54) is 11.3 Å². The molecule has 25 heavy (non-hydrogen) atoms. The number of carbonyl (C=O) groups is 1. The number of carbonyl (C=O) groups excluding carboxylic acids is 1. The van der Waals surface area contributed by atoms with E-state index in [4.69, 9.17) is 16.9 Å². The first kappa shape index (κ1) is 17.0. The van der Waals surface area contributed by atoms with Crippen LogP contribution < -0.4 is 10.2 Å². The van der Waals surface area contributed by atoms with Gasteiger partial charge < -0.3 is 0 Å². The summed E-state index contributed by atoms with van der Waals surface area (Å²) in [5.74, 6) is -0.441. The molecule has 5 nitrogen and oxygen atoms in total. The van der Waals surface area contributed by atoms with Crippen LogP contribution in [-0.2, 0) is 4.79 Å². The number of benzene rings is 2. The van der Waals surface area contributed by atoms with E-state index in [-0.39, 0.29) is 6.42 Å². The standard InChI is InChI=1S/C18H13ClN4OS/c19-14-8-6-13(7-9-14)16-12-25-18(22-21-17(24)10-11-20)23(16)15-4-2-1-3-5-15/h1-9,12H,10H2,(H,21,24)/b22-18+. The number of nitrogens with one attached hydrogen (secondary N) is 1. The number of rotatable bonds is 4. The highest BCUT2D eigenvalue weighted by Gasteiger charge is 2.10. The number of aromatic nitrogens is 1. The smallest absolute Gasteiger partial charge is 0.254 e. The maximum Gasteiger partial charge on any atom is 0.254 e. The summed E-state index contributed by atoms with van der Waals surface area (Å²) in [5, 5.41) is 15.4. The molecule has 0 unspecified atom stereocenters. The number of thiazole rings is 1. The van der Waals surface area contributed by atoms with E-state index in [0.29, 0.717) is 9.82 Å². The molecule has 0 spiro atoms. The van der Waals surface area contributed by atoms with Crippen molar-refractivity contribution < 1.29 is 4.79 Å². The van der Waals surface area contributed by atoms with Crippen LogP contribution >= 0.6 is 22.9 Å². The Balaban J connectivity index is 2.11. The Morgan fingerprint density at radius 1 is 1.20 bits per heavy atom. The molecule has 1 amide bonds. The van der Waals surface area contributed by atoms with Gasteiger partial charge in [-0.15, -0.1) is 16.4 Å². The van der Waals surface area contributed by atoms with Crippen LogP contribution in [-0.4, -0.2) is 10.5 Å². The van der Waals surface area contributed by atoms with Gasteiger partial charge in [0, 0.05) is 16.1 Å². The predicted molar refractivity (Wildman–Crippen MR) is 98.0 cm³/mol. The molecule has 0 saturated heterocycles. The van der Waals surface area contributed by atoms with E-state index in [1.54, 1.807) is 6.07 Å². The van der Waals surface area contributed by atoms with Gasteiger partial charge in [0.15, 0.2) is 0 Å². The number of nitriles is 1. The Bertz CT molecular complexity index is 984. The quantitative estimate of drug-likeness (QED) is 0.713. The number of hydrogen-bond donors (Lipinski definition) is 1. The van der Waals surface area contributed by atoms with Crippen LogP contribution in [0.15, 0.2) is 65.1 Å². The number of para-hydroxylation sites is 1. The lowest BCUT2D eigenvalue weighted by atomic mass is 10.1. The van der Waals surface area contributed by atoms with Gasteiger partial charge in [-0.1, -0.05) is 41.9 Å². The summed E-state index contributed by atoms with van der Waals surface area (Å²) in [4.78, 5) is 12.1. The fourth-order valence-electron chi connectivity index (χ4n) is 2.26. The zero-order valence-electron chi connectivity index (χ0n) is 13.0. The fraction of sp³-hybridized carbons (Fsp3) is 0.0556. The van der Waals surface area contributed by atoms with E-state index >= 15 is 0 Å². The van der Waals surface area contributed by atoms with Crippen LogP contribution in [0, 0.1) is 11.3 Å². The third-order valence-electron chi connectivity index (χ3n) is 3.38. The first-order valence-electron chi connectivity index (χ1n) is 7.40. The summed E-state index contributed by atoms with van der Waals surface area (Å²) in [6.07, 6.45) is -0.232. The van der Waals surface area contributed by atoms with Crippen molar-refractivity contribution in [2.24, 2.45) is 5.10 Å². The third kappa shape index (κ3) is 3.97. The fourth-order valence-corrected chi connectivity index (χ4v) is 3.25. The summed E-state index contributed by atoms with van der Waals surface area (Å²) in [6, 6.07) is 19.0. The molecule has 1 aromatic heterocycles. The summed E-state index contributed by atoms with van der Waals surface area (Å²) in [5.41, 5.74) is 5.25. The van der Waals surface area contributed by atoms with E-state index in [1.807, 2.05) is 64.5 Å². The molecular formula is C18H13ClN4OS. The lowest BCUT2D eigenvalue weighted by Crippen LogP contribution is -2.23. The highest BCUT2D eigenvalue weighted by molar-refractivity contribution is 7.07. The van der Waals surface area contributed by atoms with E-state index in [9.17, 15) is 4.79 Å². The molecule has 0 bridgehead atoms. The Labute approximate surface area is 153 Å². The van der Waals surface area contributed by atoms with Crippen molar-refractivity contribution >= 4 is 28.8 Å². The number of amides is 1. The molecular weight excluding hydrogens is 356 g/mol. The van der Waals surface area contributed by atoms with Gasteiger partial charge >= 0.3 is 0 Å². The second-order valence-electron chi connectivity index (χ2n) is 5.06. The highest BCUT2D eigenvalue weighted by Crippen LogP contribution is 2.24. The summed E-state index contributed by atoms with van der Waals surface area (Å²) < 4.78 is 1.94. The van der Waals surface area contributed by atoms with E-state index in [2.05, 4.69) is 10.5 Å². The van der Waals surface area contributed by atoms with Gasteiger partial charge in [-0.3, -0.25) is 9.36 Å². The molecule has 0 radical (unpaired) electrons. The van der Waals surface area contributed by atoms with Crippen LogP contribution in [0.25, 0.3) is 16.9 Å². The zero-order chi connectivity index (χ0) is 17.6. The highest BCUT2D eigenvalue weighted by atomic mass is 35.5.